The number of amides is 1. The number of nitrogens with zero attached hydrogens (tertiary/aromatic N) is 1. The van der Waals surface area contributed by atoms with E-state index in [1.807, 2.05) is 11.9 Å². The Bertz CT molecular complexity index is 663. The number of sulfonamides is 1. The first-order valence-electron chi connectivity index (χ1n) is 8.04. The molecule has 1 saturated heterocycles. The van der Waals surface area contributed by atoms with Gasteiger partial charge in [0.1, 0.15) is 0 Å². The van der Waals surface area contributed by atoms with E-state index in [9.17, 15) is 13.2 Å². The van der Waals surface area contributed by atoms with Crippen molar-refractivity contribution in [1.82, 2.24) is 14.9 Å². The Balaban J connectivity index is 2.16. The van der Waals surface area contributed by atoms with E-state index in [1.54, 1.807) is 12.1 Å². The zero-order chi connectivity index (χ0) is 17.6. The van der Waals surface area contributed by atoms with Crippen molar-refractivity contribution in [3.05, 3.63) is 29.8 Å². The number of nitrogens with one attached hydrogen (secondary N) is 2. The van der Waals surface area contributed by atoms with Crippen molar-refractivity contribution in [3.8, 4) is 0 Å². The van der Waals surface area contributed by atoms with Gasteiger partial charge in [0.25, 0.3) is 5.91 Å². The number of ether oxygens (including phenoxy) is 1. The van der Waals surface area contributed by atoms with E-state index in [0.717, 1.165) is 19.4 Å². The van der Waals surface area contributed by atoms with E-state index < -0.39 is 10.0 Å². The molecule has 134 valence electrons. The van der Waals surface area contributed by atoms with Crippen LogP contribution in [-0.4, -0.2) is 65.7 Å². The van der Waals surface area contributed by atoms with Crippen LogP contribution in [0.1, 0.15) is 23.2 Å². The molecule has 8 heteroatoms. The number of rotatable bonds is 8. The predicted molar refractivity (Wildman–Crippen MR) is 91.5 cm³/mol. The summed E-state index contributed by atoms with van der Waals surface area (Å²) in [4.78, 5) is 14.6. The second-order valence-electron chi connectivity index (χ2n) is 5.77. The molecule has 0 aliphatic carbocycles. The number of hydrogen-bond donors (Lipinski definition) is 2. The highest BCUT2D eigenvalue weighted by molar-refractivity contribution is 7.89. The molecule has 1 fully saturated rings. The van der Waals surface area contributed by atoms with Crippen molar-refractivity contribution >= 4 is 15.9 Å². The van der Waals surface area contributed by atoms with Crippen molar-refractivity contribution in [3.63, 3.8) is 0 Å². The van der Waals surface area contributed by atoms with Gasteiger partial charge in [-0.05, 0) is 38.1 Å². The average Bonchev–Trinajstić information content (AvgIpc) is 3.03. The molecule has 24 heavy (non-hydrogen) atoms. The molecule has 0 aromatic heterocycles. The molecule has 7 nitrogen and oxygen atoms in total. The Morgan fingerprint density at radius 1 is 1.42 bits per heavy atom. The number of carbonyl (C=O) groups excluding carboxylic acids is 1. The van der Waals surface area contributed by atoms with E-state index >= 15 is 0 Å². The number of hydrogen-bond acceptors (Lipinski definition) is 5. The normalized spacial score (nSPS) is 18.1. The fourth-order valence-electron chi connectivity index (χ4n) is 2.87. The summed E-state index contributed by atoms with van der Waals surface area (Å²) in [5.41, 5.74) is 0.396. The molecule has 0 radical (unpaired) electrons. The first kappa shape index (κ1) is 18.9. The fraction of sp³-hybridized carbons (Fsp3) is 0.562. The molecular formula is C16H25N3O4S. The predicted octanol–water partition coefficient (Wildman–Crippen LogP) is 0.435. The number of likely N-dealkylation sites (N-methyl/N-ethyl adjacent to an activating group) is 1. The first-order chi connectivity index (χ1) is 11.5. The first-order valence-corrected chi connectivity index (χ1v) is 9.52. The third-order valence-corrected chi connectivity index (χ3v) is 5.53. The molecule has 1 unspecified atom stereocenters. The molecule has 1 heterocycles. The molecule has 1 aromatic carbocycles. The summed E-state index contributed by atoms with van der Waals surface area (Å²) in [5, 5.41) is 3.10. The third-order valence-electron chi connectivity index (χ3n) is 4.07. The summed E-state index contributed by atoms with van der Waals surface area (Å²) < 4.78 is 31.8. The van der Waals surface area contributed by atoms with Crippen molar-refractivity contribution in [2.75, 3.05) is 40.4 Å². The zero-order valence-electron chi connectivity index (χ0n) is 14.1. The second kappa shape index (κ2) is 8.57. The molecule has 0 saturated carbocycles. The Kier molecular flexibility index (Phi) is 6.73. The summed E-state index contributed by atoms with van der Waals surface area (Å²) in [7, 11) is -0.283. The van der Waals surface area contributed by atoms with Gasteiger partial charge in [0.2, 0.25) is 10.0 Å². The average molecular weight is 355 g/mol. The zero-order valence-corrected chi connectivity index (χ0v) is 14.9. The van der Waals surface area contributed by atoms with Gasteiger partial charge in [-0.3, -0.25) is 4.79 Å². The van der Waals surface area contributed by atoms with Crippen LogP contribution < -0.4 is 10.0 Å². The quantitative estimate of drug-likeness (QED) is 0.661. The van der Waals surface area contributed by atoms with Crippen molar-refractivity contribution in [2.45, 2.75) is 23.8 Å². The number of methoxy groups -OCH3 is 1. The van der Waals surface area contributed by atoms with Crippen LogP contribution in [0.5, 0.6) is 0 Å². The largest absolute Gasteiger partial charge is 0.383 e. The summed E-state index contributed by atoms with van der Waals surface area (Å²) >= 11 is 0. The van der Waals surface area contributed by atoms with Gasteiger partial charge in [0.05, 0.1) is 11.5 Å². The van der Waals surface area contributed by atoms with Gasteiger partial charge in [0.15, 0.2) is 0 Å². The van der Waals surface area contributed by atoms with Gasteiger partial charge in [-0.2, -0.15) is 0 Å². The van der Waals surface area contributed by atoms with Crippen LogP contribution in [0, 0.1) is 0 Å². The van der Waals surface area contributed by atoms with Gasteiger partial charge in [0, 0.05) is 38.3 Å². The number of carbonyl (C=O) groups is 1. The highest BCUT2D eigenvalue weighted by Gasteiger charge is 2.29. The lowest BCUT2D eigenvalue weighted by Crippen LogP contribution is -2.40. The monoisotopic (exact) mass is 355 g/mol. The van der Waals surface area contributed by atoms with Crippen LogP contribution in [0.2, 0.25) is 0 Å². The smallest absolute Gasteiger partial charge is 0.254 e. The number of benzene rings is 1. The third kappa shape index (κ3) is 4.54. The molecule has 2 rings (SSSR count). The van der Waals surface area contributed by atoms with Crippen LogP contribution >= 0.6 is 0 Å². The maximum absolute atomic E-state index is 12.7. The molecule has 1 atom stereocenters. The Morgan fingerprint density at radius 2 is 2.21 bits per heavy atom. The van der Waals surface area contributed by atoms with Crippen LogP contribution in [0.3, 0.4) is 0 Å². The molecule has 0 bridgehead atoms. The lowest BCUT2D eigenvalue weighted by Gasteiger charge is -2.24. The van der Waals surface area contributed by atoms with E-state index in [4.69, 9.17) is 4.74 Å². The minimum atomic E-state index is -3.65. The highest BCUT2D eigenvalue weighted by atomic mass is 32.2. The maximum atomic E-state index is 12.7. The van der Waals surface area contributed by atoms with Gasteiger partial charge >= 0.3 is 0 Å². The van der Waals surface area contributed by atoms with Gasteiger partial charge in [-0.25, -0.2) is 13.1 Å². The molecule has 1 amide bonds. The maximum Gasteiger partial charge on any atom is 0.254 e. The van der Waals surface area contributed by atoms with E-state index in [1.165, 1.54) is 19.2 Å². The van der Waals surface area contributed by atoms with Crippen LogP contribution in [0.4, 0.5) is 0 Å². The molecule has 1 aliphatic heterocycles. The van der Waals surface area contributed by atoms with Crippen LogP contribution in [0.25, 0.3) is 0 Å². The Hall–Kier alpha value is -1.48. The minimum Gasteiger partial charge on any atom is -0.383 e. The molecule has 1 aromatic rings. The van der Waals surface area contributed by atoms with Crippen molar-refractivity contribution < 1.29 is 17.9 Å². The molecule has 2 N–H and O–H groups in total. The molecule has 0 spiro atoms. The summed E-state index contributed by atoms with van der Waals surface area (Å²) in [5.74, 6) is -0.123. The Morgan fingerprint density at radius 3 is 2.92 bits per heavy atom. The van der Waals surface area contributed by atoms with Gasteiger partial charge in [-0.15, -0.1) is 0 Å². The van der Waals surface area contributed by atoms with Gasteiger partial charge in [-0.1, -0.05) is 6.07 Å². The lowest BCUT2D eigenvalue weighted by molar-refractivity contribution is 0.0737. The minimum absolute atomic E-state index is 0.0915. The summed E-state index contributed by atoms with van der Waals surface area (Å²) in [6.45, 7) is 1.92. The molecule has 1 aliphatic rings. The topological polar surface area (TPSA) is 87.7 Å². The molecular weight excluding hydrogens is 330 g/mol. The fourth-order valence-corrected chi connectivity index (χ4v) is 3.93. The lowest BCUT2D eigenvalue weighted by atomic mass is 10.1. The summed E-state index contributed by atoms with van der Waals surface area (Å²) in [6.07, 6.45) is 1.93. The van der Waals surface area contributed by atoms with Gasteiger partial charge < -0.3 is 15.0 Å². The second-order valence-corrected chi connectivity index (χ2v) is 7.54. The highest BCUT2D eigenvalue weighted by Crippen LogP contribution is 2.21. The standard InChI is InChI=1S/C16H25N3O4S/c1-17-12-14-6-4-9-19(14)16(20)13-5-3-7-15(11-13)24(21,22)18-8-10-23-2/h3,5,7,11,14,17-18H,4,6,8-10,12H2,1-2H3. The van der Waals surface area contributed by atoms with Crippen LogP contribution in [-0.2, 0) is 14.8 Å². The van der Waals surface area contributed by atoms with E-state index in [-0.39, 0.29) is 30.0 Å². The number of likely N-dealkylation sites (tertiary alicyclic amines) is 1. The van der Waals surface area contributed by atoms with Crippen molar-refractivity contribution in [2.24, 2.45) is 0 Å². The van der Waals surface area contributed by atoms with E-state index in [2.05, 4.69) is 10.0 Å². The van der Waals surface area contributed by atoms with E-state index in [0.29, 0.717) is 12.1 Å². The van der Waals surface area contributed by atoms with Crippen molar-refractivity contribution in [1.29, 1.82) is 0 Å². The van der Waals surface area contributed by atoms with Crippen LogP contribution in [0.15, 0.2) is 29.2 Å². The summed E-state index contributed by atoms with van der Waals surface area (Å²) in [6, 6.07) is 6.34. The Labute approximate surface area is 143 Å². The SMILES string of the molecule is CNCC1CCCN1C(=O)c1cccc(S(=O)(=O)NCCOC)c1.